The molecule has 0 aromatic carbocycles. The molecule has 0 aromatic heterocycles. The average Bonchev–Trinajstić information content (AvgIpc) is 2.61. The predicted octanol–water partition coefficient (Wildman–Crippen LogP) is 3.40. The summed E-state index contributed by atoms with van der Waals surface area (Å²) in [5.41, 5.74) is 0.208. The van der Waals surface area contributed by atoms with Gasteiger partial charge in [0, 0.05) is 0 Å². The van der Waals surface area contributed by atoms with Gasteiger partial charge in [0.25, 0.3) is 0 Å². The molecule has 16 heavy (non-hydrogen) atoms. The predicted molar refractivity (Wildman–Crippen MR) is 64.0 cm³/mol. The van der Waals surface area contributed by atoms with Crippen LogP contribution in [0.1, 0.15) is 53.9 Å². The van der Waals surface area contributed by atoms with Crippen LogP contribution >= 0.6 is 0 Å². The summed E-state index contributed by atoms with van der Waals surface area (Å²) in [6.07, 6.45) is 3.61. The fourth-order valence-electron chi connectivity index (χ4n) is 4.37. The summed E-state index contributed by atoms with van der Waals surface area (Å²) in [5.74, 6) is 0.450. The highest BCUT2D eigenvalue weighted by atomic mass is 16.5. The van der Waals surface area contributed by atoms with Gasteiger partial charge in [-0.2, -0.15) is 0 Å². The SMILES string of the molecule is CCOC(=O)C1(C)C(C)C2(C)CCC1(C)C2. The second-order valence-electron chi connectivity index (χ2n) is 6.54. The van der Waals surface area contributed by atoms with Gasteiger partial charge in [0.15, 0.2) is 0 Å². The van der Waals surface area contributed by atoms with Gasteiger partial charge < -0.3 is 4.74 Å². The van der Waals surface area contributed by atoms with Gasteiger partial charge in [-0.3, -0.25) is 4.79 Å². The second kappa shape index (κ2) is 3.24. The van der Waals surface area contributed by atoms with Crippen LogP contribution in [0.25, 0.3) is 0 Å². The van der Waals surface area contributed by atoms with E-state index in [1.807, 2.05) is 6.92 Å². The number of esters is 1. The molecule has 0 aliphatic heterocycles. The van der Waals surface area contributed by atoms with E-state index in [4.69, 9.17) is 4.74 Å². The molecule has 2 nitrogen and oxygen atoms in total. The molecule has 0 amide bonds. The molecule has 2 heteroatoms. The van der Waals surface area contributed by atoms with E-state index in [-0.39, 0.29) is 16.8 Å². The Labute approximate surface area is 98.7 Å². The molecule has 0 saturated heterocycles. The lowest BCUT2D eigenvalue weighted by molar-refractivity contribution is -0.167. The lowest BCUT2D eigenvalue weighted by atomic mass is 9.58. The summed E-state index contributed by atoms with van der Waals surface area (Å²) >= 11 is 0. The first-order valence-corrected chi connectivity index (χ1v) is 6.47. The van der Waals surface area contributed by atoms with E-state index in [1.54, 1.807) is 0 Å². The minimum atomic E-state index is -0.282. The third-order valence-electron chi connectivity index (χ3n) is 5.91. The first-order chi connectivity index (χ1) is 7.30. The molecule has 0 aromatic rings. The Kier molecular flexibility index (Phi) is 2.42. The van der Waals surface area contributed by atoms with E-state index >= 15 is 0 Å². The fourth-order valence-corrected chi connectivity index (χ4v) is 4.37. The van der Waals surface area contributed by atoms with E-state index in [1.165, 1.54) is 19.3 Å². The third-order valence-corrected chi connectivity index (χ3v) is 5.91. The van der Waals surface area contributed by atoms with Crippen LogP contribution < -0.4 is 0 Å². The summed E-state index contributed by atoms with van der Waals surface area (Å²) in [7, 11) is 0. The average molecular weight is 224 g/mol. The molecule has 0 radical (unpaired) electrons. The molecule has 2 saturated carbocycles. The Morgan fingerprint density at radius 2 is 1.94 bits per heavy atom. The molecule has 2 bridgehead atoms. The van der Waals surface area contributed by atoms with E-state index < -0.39 is 0 Å². The first-order valence-electron chi connectivity index (χ1n) is 6.47. The summed E-state index contributed by atoms with van der Waals surface area (Å²) in [5, 5.41) is 0. The van der Waals surface area contributed by atoms with Gasteiger partial charge in [0.2, 0.25) is 0 Å². The Morgan fingerprint density at radius 3 is 2.38 bits per heavy atom. The van der Waals surface area contributed by atoms with Gasteiger partial charge in [-0.25, -0.2) is 0 Å². The van der Waals surface area contributed by atoms with Crippen molar-refractivity contribution in [3.63, 3.8) is 0 Å². The molecular formula is C14H24O2. The van der Waals surface area contributed by atoms with Gasteiger partial charge in [-0.1, -0.05) is 20.8 Å². The first kappa shape index (κ1) is 11.9. The van der Waals surface area contributed by atoms with E-state index in [0.717, 1.165) is 0 Å². The van der Waals surface area contributed by atoms with Crippen molar-refractivity contribution < 1.29 is 9.53 Å². The van der Waals surface area contributed by atoms with E-state index in [9.17, 15) is 4.79 Å². The maximum Gasteiger partial charge on any atom is 0.312 e. The van der Waals surface area contributed by atoms with Crippen molar-refractivity contribution in [2.24, 2.45) is 22.2 Å². The molecule has 92 valence electrons. The number of fused-ring (bicyclic) bond motifs is 2. The van der Waals surface area contributed by atoms with Crippen molar-refractivity contribution >= 4 is 5.97 Å². The number of ether oxygens (including phenoxy) is 1. The Balaban J connectivity index is 2.38. The Morgan fingerprint density at radius 1 is 1.31 bits per heavy atom. The number of hydrogen-bond acceptors (Lipinski definition) is 2. The quantitative estimate of drug-likeness (QED) is 0.672. The van der Waals surface area contributed by atoms with Crippen molar-refractivity contribution in [3.8, 4) is 0 Å². The molecule has 4 atom stereocenters. The highest BCUT2D eigenvalue weighted by molar-refractivity contribution is 5.79. The van der Waals surface area contributed by atoms with Crippen LogP contribution in [-0.4, -0.2) is 12.6 Å². The lowest BCUT2D eigenvalue weighted by Crippen LogP contribution is -2.47. The van der Waals surface area contributed by atoms with E-state index in [2.05, 4.69) is 27.7 Å². The molecule has 0 heterocycles. The maximum atomic E-state index is 12.3. The third kappa shape index (κ3) is 1.16. The lowest BCUT2D eigenvalue weighted by Gasteiger charge is -2.45. The summed E-state index contributed by atoms with van der Waals surface area (Å²) < 4.78 is 5.32. The standard InChI is InChI=1S/C14H24O2/c1-6-16-11(15)14(5)10(2)12(3)7-8-13(14,4)9-12/h10H,6-9H2,1-5H3. The van der Waals surface area contributed by atoms with Crippen molar-refractivity contribution in [1.29, 1.82) is 0 Å². The molecule has 2 fully saturated rings. The molecule has 0 N–H and O–H groups in total. The highest BCUT2D eigenvalue weighted by Gasteiger charge is 2.69. The van der Waals surface area contributed by atoms with Crippen LogP contribution in [0.2, 0.25) is 0 Å². The fraction of sp³-hybridized carbons (Fsp3) is 0.929. The van der Waals surface area contributed by atoms with Crippen LogP contribution in [0, 0.1) is 22.2 Å². The Bertz CT molecular complexity index is 325. The normalized spacial score (nSPS) is 50.7. The minimum Gasteiger partial charge on any atom is -0.466 e. The molecule has 2 aliphatic carbocycles. The summed E-state index contributed by atoms with van der Waals surface area (Å²) in [6, 6.07) is 0. The molecule has 2 aliphatic rings. The number of carbonyl (C=O) groups excluding carboxylic acids is 1. The van der Waals surface area contributed by atoms with Gasteiger partial charge in [0.05, 0.1) is 12.0 Å². The zero-order chi connectivity index (χ0) is 12.2. The molecule has 2 rings (SSSR count). The zero-order valence-corrected chi connectivity index (χ0v) is 11.2. The van der Waals surface area contributed by atoms with Gasteiger partial charge in [-0.05, 0) is 49.9 Å². The topological polar surface area (TPSA) is 26.3 Å². The Hall–Kier alpha value is -0.530. The zero-order valence-electron chi connectivity index (χ0n) is 11.2. The number of hydrogen-bond donors (Lipinski definition) is 0. The molecule has 0 spiro atoms. The van der Waals surface area contributed by atoms with Crippen molar-refractivity contribution in [2.75, 3.05) is 6.61 Å². The maximum absolute atomic E-state index is 12.3. The van der Waals surface area contributed by atoms with Crippen molar-refractivity contribution in [3.05, 3.63) is 0 Å². The molecular weight excluding hydrogens is 200 g/mol. The van der Waals surface area contributed by atoms with Crippen LogP contribution in [0.5, 0.6) is 0 Å². The number of carbonyl (C=O) groups is 1. The van der Waals surface area contributed by atoms with Crippen LogP contribution in [0.15, 0.2) is 0 Å². The van der Waals surface area contributed by atoms with Gasteiger partial charge in [0.1, 0.15) is 0 Å². The molecule has 4 unspecified atom stereocenters. The van der Waals surface area contributed by atoms with Gasteiger partial charge >= 0.3 is 5.97 Å². The second-order valence-corrected chi connectivity index (χ2v) is 6.54. The van der Waals surface area contributed by atoms with Crippen LogP contribution in [-0.2, 0) is 9.53 Å². The summed E-state index contributed by atoms with van der Waals surface area (Å²) in [4.78, 5) is 12.3. The number of rotatable bonds is 2. The summed E-state index contributed by atoms with van der Waals surface area (Å²) in [6.45, 7) is 11.4. The largest absolute Gasteiger partial charge is 0.466 e. The van der Waals surface area contributed by atoms with Crippen molar-refractivity contribution in [2.45, 2.75) is 53.9 Å². The minimum absolute atomic E-state index is 0.0217. The van der Waals surface area contributed by atoms with Crippen LogP contribution in [0.3, 0.4) is 0 Å². The van der Waals surface area contributed by atoms with Crippen molar-refractivity contribution in [1.82, 2.24) is 0 Å². The monoisotopic (exact) mass is 224 g/mol. The van der Waals surface area contributed by atoms with Crippen LogP contribution in [0.4, 0.5) is 0 Å². The highest BCUT2D eigenvalue weighted by Crippen LogP contribution is 2.72. The van der Waals surface area contributed by atoms with E-state index in [0.29, 0.717) is 17.9 Å². The van der Waals surface area contributed by atoms with Gasteiger partial charge in [-0.15, -0.1) is 0 Å². The smallest absolute Gasteiger partial charge is 0.312 e.